The molecule has 0 aromatic heterocycles. The Hall–Kier alpha value is -1.83. The normalized spacial score (nSPS) is 20.4. The second-order valence-corrected chi connectivity index (χ2v) is 7.56. The number of nitrogens with zero attached hydrogens (tertiary/aromatic N) is 1. The van der Waals surface area contributed by atoms with Gasteiger partial charge in [0.05, 0.1) is 21.4 Å². The number of hydrogen-bond donors (Lipinski definition) is 2. The third-order valence-electron chi connectivity index (χ3n) is 4.21. The predicted molar refractivity (Wildman–Crippen MR) is 94.3 cm³/mol. The van der Waals surface area contributed by atoms with Crippen LogP contribution in [0.15, 0.2) is 28.8 Å². The summed E-state index contributed by atoms with van der Waals surface area (Å²) >= 11 is 17.1. The zero-order chi connectivity index (χ0) is 18.9. The first-order valence-corrected chi connectivity index (χ1v) is 8.26. The topological polar surface area (TPSA) is 101 Å². The number of nitrogens with one attached hydrogen (secondary N) is 2. The first kappa shape index (κ1) is 19.5. The molecule has 0 saturated heterocycles. The highest BCUT2D eigenvalue weighted by Crippen LogP contribution is 2.59. The van der Waals surface area contributed by atoms with Crippen LogP contribution >= 0.6 is 34.8 Å². The fourth-order valence-electron chi connectivity index (χ4n) is 2.69. The Kier molecular flexibility index (Phi) is 5.61. The Labute approximate surface area is 158 Å². The number of amides is 2. The number of allylic oxidation sites excluding steroid dienone is 1. The number of hydrogen-bond acceptors (Lipinski definition) is 4. The van der Waals surface area contributed by atoms with E-state index < -0.39 is 22.7 Å². The Morgan fingerprint density at radius 2 is 1.92 bits per heavy atom. The minimum absolute atomic E-state index is 0.00266. The molecule has 0 bridgehead atoms. The van der Waals surface area contributed by atoms with E-state index in [1.54, 1.807) is 6.08 Å². The largest absolute Gasteiger partial charge is 0.273 e. The van der Waals surface area contributed by atoms with E-state index in [0.29, 0.717) is 0 Å². The molecule has 25 heavy (non-hydrogen) atoms. The van der Waals surface area contributed by atoms with E-state index in [9.17, 15) is 19.7 Å². The van der Waals surface area contributed by atoms with Gasteiger partial charge in [-0.2, -0.15) is 0 Å². The van der Waals surface area contributed by atoms with Crippen molar-refractivity contribution in [1.82, 2.24) is 10.9 Å². The molecule has 1 aromatic carbocycles. The summed E-state index contributed by atoms with van der Waals surface area (Å²) in [5.74, 6) is -1.62. The van der Waals surface area contributed by atoms with Crippen LogP contribution in [0.4, 0.5) is 5.69 Å². The highest BCUT2D eigenvalue weighted by atomic mass is 35.5. The molecule has 1 saturated carbocycles. The summed E-state index contributed by atoms with van der Waals surface area (Å²) in [4.78, 5) is 34.3. The van der Waals surface area contributed by atoms with Crippen molar-refractivity contribution in [2.24, 2.45) is 17.3 Å². The number of rotatable bonds is 4. The smallest absolute Gasteiger partial charge is 0.271 e. The lowest BCUT2D eigenvalue weighted by molar-refractivity contribution is -0.384. The molecule has 2 amide bonds. The fourth-order valence-corrected chi connectivity index (χ4v) is 3.22. The van der Waals surface area contributed by atoms with Gasteiger partial charge >= 0.3 is 0 Å². The van der Waals surface area contributed by atoms with Crippen molar-refractivity contribution in [2.75, 3.05) is 0 Å². The Morgan fingerprint density at radius 1 is 1.28 bits per heavy atom. The molecular weight excluding hydrogens is 393 g/mol. The summed E-state index contributed by atoms with van der Waals surface area (Å²) in [5, 5.41) is 10.6. The van der Waals surface area contributed by atoms with E-state index in [1.165, 1.54) is 6.07 Å². The lowest BCUT2D eigenvalue weighted by Gasteiger charge is -2.09. The van der Waals surface area contributed by atoms with Crippen molar-refractivity contribution in [2.45, 2.75) is 13.8 Å². The molecule has 10 heteroatoms. The number of hydrazine groups is 1. The third-order valence-corrected chi connectivity index (χ3v) is 4.77. The molecule has 0 heterocycles. The van der Waals surface area contributed by atoms with Crippen molar-refractivity contribution in [1.29, 1.82) is 0 Å². The monoisotopic (exact) mass is 405 g/mol. The summed E-state index contributed by atoms with van der Waals surface area (Å²) in [6.07, 6.45) is 1.59. The van der Waals surface area contributed by atoms with E-state index in [1.807, 2.05) is 13.8 Å². The summed E-state index contributed by atoms with van der Waals surface area (Å²) in [5.41, 5.74) is 3.99. The molecule has 2 atom stereocenters. The minimum atomic E-state index is -0.686. The number of carbonyl (C=O) groups is 2. The van der Waals surface area contributed by atoms with Crippen LogP contribution in [-0.4, -0.2) is 16.7 Å². The highest BCUT2D eigenvalue weighted by molar-refractivity contribution is 6.55. The molecule has 0 spiro atoms. The van der Waals surface area contributed by atoms with Gasteiger partial charge in [0, 0.05) is 12.1 Å². The Bertz CT molecular complexity index is 775. The van der Waals surface area contributed by atoms with Crippen LogP contribution < -0.4 is 10.9 Å². The molecule has 134 valence electrons. The van der Waals surface area contributed by atoms with Crippen LogP contribution in [0.5, 0.6) is 0 Å². The van der Waals surface area contributed by atoms with Crippen molar-refractivity contribution in [3.63, 3.8) is 0 Å². The maximum atomic E-state index is 12.2. The van der Waals surface area contributed by atoms with E-state index in [2.05, 4.69) is 10.9 Å². The van der Waals surface area contributed by atoms with Crippen LogP contribution in [-0.2, 0) is 4.79 Å². The van der Waals surface area contributed by atoms with Gasteiger partial charge < -0.3 is 0 Å². The van der Waals surface area contributed by atoms with Crippen LogP contribution in [0.3, 0.4) is 0 Å². The molecule has 0 unspecified atom stereocenters. The molecular formula is C15H14Cl3N3O4. The van der Waals surface area contributed by atoms with Crippen LogP contribution in [0, 0.1) is 27.4 Å². The highest BCUT2D eigenvalue weighted by Gasteiger charge is 2.60. The van der Waals surface area contributed by atoms with E-state index in [-0.39, 0.29) is 32.1 Å². The van der Waals surface area contributed by atoms with E-state index >= 15 is 0 Å². The molecule has 1 aliphatic rings. The average molecular weight is 407 g/mol. The zero-order valence-corrected chi connectivity index (χ0v) is 15.4. The number of non-ortho nitro benzene ring substituents is 1. The quantitative estimate of drug-likeness (QED) is 0.589. The summed E-state index contributed by atoms with van der Waals surface area (Å²) in [6, 6.07) is 3.42. The Balaban J connectivity index is 2.00. The number of nitro groups is 1. The molecule has 0 aliphatic heterocycles. The van der Waals surface area contributed by atoms with Gasteiger partial charge in [-0.1, -0.05) is 48.7 Å². The molecule has 7 nitrogen and oxygen atoms in total. The van der Waals surface area contributed by atoms with E-state index in [4.69, 9.17) is 34.8 Å². The molecule has 2 N–H and O–H groups in total. The zero-order valence-electron chi connectivity index (χ0n) is 13.2. The molecule has 1 aromatic rings. The third kappa shape index (κ3) is 4.23. The number of benzene rings is 1. The van der Waals surface area contributed by atoms with Crippen LogP contribution in [0.1, 0.15) is 24.2 Å². The predicted octanol–water partition coefficient (Wildman–Crippen LogP) is 3.60. The SMILES string of the molecule is CC1(C)[C@H](C=C(Cl)Cl)[C@@H]1C(=O)NNC(=O)c1ccc([N+](=O)[O-])cc1Cl. The molecule has 0 radical (unpaired) electrons. The van der Waals surface area contributed by atoms with Crippen molar-refractivity contribution < 1.29 is 14.5 Å². The van der Waals surface area contributed by atoms with Gasteiger partial charge in [0.1, 0.15) is 4.49 Å². The summed E-state index contributed by atoms with van der Waals surface area (Å²) in [7, 11) is 0. The van der Waals surface area contributed by atoms with Crippen LogP contribution in [0.2, 0.25) is 5.02 Å². The number of halogens is 3. The summed E-state index contributed by atoms with van der Waals surface area (Å²) < 4.78 is 0.0788. The Morgan fingerprint density at radius 3 is 2.44 bits per heavy atom. The number of carbonyl (C=O) groups excluding carboxylic acids is 2. The van der Waals surface area contributed by atoms with Gasteiger partial charge in [-0.25, -0.2) is 0 Å². The van der Waals surface area contributed by atoms with Crippen molar-refractivity contribution in [3.8, 4) is 0 Å². The minimum Gasteiger partial charge on any atom is -0.273 e. The van der Waals surface area contributed by atoms with Gasteiger partial charge in [0.2, 0.25) is 5.91 Å². The standard InChI is InChI=1S/C15H14Cl3N3O4/c1-15(2)9(6-11(17)18)12(15)14(23)20-19-13(22)8-4-3-7(21(24)25)5-10(8)16/h3-6,9,12H,1-2H3,(H,19,22)(H,20,23)/t9-,12-/m1/s1. The molecule has 1 fully saturated rings. The lowest BCUT2D eigenvalue weighted by atomic mass is 10.1. The van der Waals surface area contributed by atoms with Gasteiger partial charge in [-0.15, -0.1) is 0 Å². The van der Waals surface area contributed by atoms with E-state index in [0.717, 1.165) is 12.1 Å². The fraction of sp³-hybridized carbons (Fsp3) is 0.333. The van der Waals surface area contributed by atoms with Gasteiger partial charge in [0.25, 0.3) is 11.6 Å². The maximum absolute atomic E-state index is 12.2. The average Bonchev–Trinajstić information content (AvgIpc) is 3.04. The second-order valence-electron chi connectivity index (χ2n) is 6.15. The van der Waals surface area contributed by atoms with Crippen molar-refractivity contribution in [3.05, 3.63) is 49.5 Å². The lowest BCUT2D eigenvalue weighted by Crippen LogP contribution is -2.43. The molecule has 2 rings (SSSR count). The van der Waals surface area contributed by atoms with Gasteiger partial charge in [-0.05, 0) is 23.5 Å². The first-order valence-electron chi connectivity index (χ1n) is 7.12. The van der Waals surface area contributed by atoms with Gasteiger partial charge in [-0.3, -0.25) is 30.6 Å². The van der Waals surface area contributed by atoms with Crippen molar-refractivity contribution >= 4 is 52.3 Å². The maximum Gasteiger partial charge on any atom is 0.271 e. The summed E-state index contributed by atoms with van der Waals surface area (Å²) in [6.45, 7) is 3.76. The van der Waals surface area contributed by atoms with Gasteiger partial charge in [0.15, 0.2) is 0 Å². The second kappa shape index (κ2) is 7.19. The first-order chi connectivity index (χ1) is 11.6. The molecule has 1 aliphatic carbocycles. The number of nitro benzene ring substituents is 1. The van der Waals surface area contributed by atoms with Crippen LogP contribution in [0.25, 0.3) is 0 Å².